The number of benzene rings is 1. The van der Waals surface area contributed by atoms with Crippen molar-refractivity contribution in [1.82, 2.24) is 10.2 Å². The summed E-state index contributed by atoms with van der Waals surface area (Å²) in [6, 6.07) is 7.52. The molecule has 2 rings (SSSR count). The van der Waals surface area contributed by atoms with E-state index < -0.39 is 0 Å². The molecule has 4 nitrogen and oxygen atoms in total. The van der Waals surface area contributed by atoms with Crippen molar-refractivity contribution < 1.29 is 9.59 Å². The standard InChI is InChI=1S/C15H20N2O2/c1-3-12(16-4-2)10-17-14(18)9-11-7-5-6-8-13(11)15(17)19/h5-8,12,16H,3-4,9-10H2,1-2H3. The Bertz CT molecular complexity index is 485. The first-order valence-corrected chi connectivity index (χ1v) is 6.83. The lowest BCUT2D eigenvalue weighted by Gasteiger charge is -2.30. The first-order valence-electron chi connectivity index (χ1n) is 6.83. The number of hydrogen-bond acceptors (Lipinski definition) is 3. The minimum absolute atomic E-state index is 0.0972. The maximum absolute atomic E-state index is 12.4. The molecule has 102 valence electrons. The van der Waals surface area contributed by atoms with E-state index in [4.69, 9.17) is 0 Å². The lowest BCUT2D eigenvalue weighted by Crippen LogP contribution is -2.49. The number of amides is 2. The summed E-state index contributed by atoms with van der Waals surface area (Å²) in [4.78, 5) is 25.8. The number of carbonyl (C=O) groups excluding carboxylic acids is 2. The molecule has 4 heteroatoms. The number of rotatable bonds is 5. The van der Waals surface area contributed by atoms with Gasteiger partial charge in [-0.15, -0.1) is 0 Å². The second kappa shape index (κ2) is 5.97. The average Bonchev–Trinajstić information content (AvgIpc) is 2.42. The fourth-order valence-electron chi connectivity index (χ4n) is 2.43. The van der Waals surface area contributed by atoms with Gasteiger partial charge in [-0.1, -0.05) is 32.0 Å². The van der Waals surface area contributed by atoms with E-state index in [1.807, 2.05) is 25.1 Å². The van der Waals surface area contributed by atoms with E-state index in [0.29, 0.717) is 18.5 Å². The summed E-state index contributed by atoms with van der Waals surface area (Å²) in [5, 5.41) is 3.30. The molecular formula is C15H20N2O2. The van der Waals surface area contributed by atoms with Gasteiger partial charge in [-0.3, -0.25) is 14.5 Å². The second-order valence-corrected chi connectivity index (χ2v) is 4.81. The van der Waals surface area contributed by atoms with Gasteiger partial charge in [0, 0.05) is 18.2 Å². The summed E-state index contributed by atoms with van der Waals surface area (Å²) in [5.74, 6) is -0.261. The quantitative estimate of drug-likeness (QED) is 0.818. The largest absolute Gasteiger partial charge is 0.312 e. The van der Waals surface area contributed by atoms with Crippen molar-refractivity contribution in [2.45, 2.75) is 32.7 Å². The van der Waals surface area contributed by atoms with Gasteiger partial charge in [-0.05, 0) is 24.6 Å². The highest BCUT2D eigenvalue weighted by molar-refractivity contribution is 6.09. The molecular weight excluding hydrogens is 240 g/mol. The van der Waals surface area contributed by atoms with Crippen molar-refractivity contribution in [3.63, 3.8) is 0 Å². The predicted octanol–water partition coefficient (Wildman–Crippen LogP) is 1.60. The molecule has 0 radical (unpaired) electrons. The van der Waals surface area contributed by atoms with Crippen LogP contribution in [-0.4, -0.2) is 35.8 Å². The van der Waals surface area contributed by atoms with Gasteiger partial charge in [0.2, 0.25) is 5.91 Å². The van der Waals surface area contributed by atoms with Crippen LogP contribution in [0.3, 0.4) is 0 Å². The normalized spacial score (nSPS) is 16.4. The van der Waals surface area contributed by atoms with Gasteiger partial charge in [0.25, 0.3) is 5.91 Å². The van der Waals surface area contributed by atoms with E-state index in [-0.39, 0.29) is 17.9 Å². The molecule has 1 unspecified atom stereocenters. The molecule has 0 fully saturated rings. The van der Waals surface area contributed by atoms with Crippen LogP contribution in [0.15, 0.2) is 24.3 Å². The van der Waals surface area contributed by atoms with Crippen molar-refractivity contribution in [2.24, 2.45) is 0 Å². The molecule has 0 bridgehead atoms. The van der Waals surface area contributed by atoms with E-state index in [9.17, 15) is 9.59 Å². The molecule has 0 spiro atoms. The molecule has 2 amide bonds. The Morgan fingerprint density at radius 3 is 2.68 bits per heavy atom. The summed E-state index contributed by atoms with van der Waals surface area (Å²) in [6.07, 6.45) is 1.22. The highest BCUT2D eigenvalue weighted by Gasteiger charge is 2.31. The number of hydrogen-bond donors (Lipinski definition) is 1. The Kier molecular flexibility index (Phi) is 4.32. The third kappa shape index (κ3) is 2.84. The van der Waals surface area contributed by atoms with Gasteiger partial charge in [0.05, 0.1) is 6.42 Å². The number of fused-ring (bicyclic) bond motifs is 1. The molecule has 1 atom stereocenters. The topological polar surface area (TPSA) is 49.4 Å². The molecule has 1 heterocycles. The number of likely N-dealkylation sites (N-methyl/N-ethyl adjacent to an activating group) is 1. The zero-order valence-electron chi connectivity index (χ0n) is 11.5. The van der Waals surface area contributed by atoms with Crippen LogP contribution in [-0.2, 0) is 11.2 Å². The van der Waals surface area contributed by atoms with Crippen LogP contribution >= 0.6 is 0 Å². The summed E-state index contributed by atoms with van der Waals surface area (Å²) in [5.41, 5.74) is 1.50. The monoisotopic (exact) mass is 260 g/mol. The number of nitrogens with one attached hydrogen (secondary N) is 1. The SMILES string of the molecule is CCNC(CC)CN1C(=O)Cc2ccccc2C1=O. The maximum atomic E-state index is 12.4. The molecule has 19 heavy (non-hydrogen) atoms. The molecule has 1 aromatic carbocycles. The zero-order chi connectivity index (χ0) is 13.8. The highest BCUT2D eigenvalue weighted by atomic mass is 16.2. The molecule has 0 aliphatic carbocycles. The van der Waals surface area contributed by atoms with Crippen LogP contribution in [0, 0.1) is 0 Å². The van der Waals surface area contributed by atoms with Crippen molar-refractivity contribution >= 4 is 11.8 Å². The lowest BCUT2D eigenvalue weighted by molar-refractivity contribution is -0.128. The summed E-state index contributed by atoms with van der Waals surface area (Å²) >= 11 is 0. The zero-order valence-corrected chi connectivity index (χ0v) is 11.5. The van der Waals surface area contributed by atoms with Gasteiger partial charge in [-0.2, -0.15) is 0 Å². The minimum atomic E-state index is -0.164. The molecule has 1 aliphatic heterocycles. The summed E-state index contributed by atoms with van der Waals surface area (Å²) in [7, 11) is 0. The minimum Gasteiger partial charge on any atom is -0.312 e. The second-order valence-electron chi connectivity index (χ2n) is 4.81. The van der Waals surface area contributed by atoms with Crippen molar-refractivity contribution in [3.05, 3.63) is 35.4 Å². The van der Waals surface area contributed by atoms with Gasteiger partial charge >= 0.3 is 0 Å². The fraction of sp³-hybridized carbons (Fsp3) is 0.467. The Morgan fingerprint density at radius 2 is 2.00 bits per heavy atom. The van der Waals surface area contributed by atoms with Crippen molar-refractivity contribution in [2.75, 3.05) is 13.1 Å². The van der Waals surface area contributed by atoms with Crippen LogP contribution in [0.2, 0.25) is 0 Å². The maximum Gasteiger partial charge on any atom is 0.260 e. The first kappa shape index (κ1) is 13.7. The molecule has 1 aromatic rings. The van der Waals surface area contributed by atoms with Crippen molar-refractivity contribution in [3.8, 4) is 0 Å². The van der Waals surface area contributed by atoms with Gasteiger partial charge in [-0.25, -0.2) is 0 Å². The molecule has 1 aliphatic rings. The van der Waals surface area contributed by atoms with E-state index >= 15 is 0 Å². The highest BCUT2D eigenvalue weighted by Crippen LogP contribution is 2.19. The van der Waals surface area contributed by atoms with E-state index in [1.165, 1.54) is 4.90 Å². The van der Waals surface area contributed by atoms with E-state index in [2.05, 4.69) is 12.2 Å². The number of nitrogens with zero attached hydrogens (tertiary/aromatic N) is 1. The van der Waals surface area contributed by atoms with Crippen LogP contribution < -0.4 is 5.32 Å². The summed E-state index contributed by atoms with van der Waals surface area (Å²) < 4.78 is 0. The van der Waals surface area contributed by atoms with Crippen LogP contribution in [0.25, 0.3) is 0 Å². The lowest BCUT2D eigenvalue weighted by atomic mass is 9.98. The number of imide groups is 1. The third-order valence-electron chi connectivity index (χ3n) is 3.52. The third-order valence-corrected chi connectivity index (χ3v) is 3.52. The fourth-order valence-corrected chi connectivity index (χ4v) is 2.43. The number of carbonyl (C=O) groups is 2. The smallest absolute Gasteiger partial charge is 0.260 e. The van der Waals surface area contributed by atoms with E-state index in [1.54, 1.807) is 6.07 Å². The van der Waals surface area contributed by atoms with E-state index in [0.717, 1.165) is 18.5 Å². The van der Waals surface area contributed by atoms with Gasteiger partial charge in [0.1, 0.15) is 0 Å². The Balaban J connectivity index is 2.19. The Labute approximate surface area is 113 Å². The first-order chi connectivity index (χ1) is 9.17. The van der Waals surface area contributed by atoms with Crippen LogP contribution in [0.4, 0.5) is 0 Å². The van der Waals surface area contributed by atoms with Crippen LogP contribution in [0.5, 0.6) is 0 Å². The average molecular weight is 260 g/mol. The van der Waals surface area contributed by atoms with Gasteiger partial charge < -0.3 is 5.32 Å². The van der Waals surface area contributed by atoms with Crippen molar-refractivity contribution in [1.29, 1.82) is 0 Å². The molecule has 1 N–H and O–H groups in total. The molecule has 0 saturated heterocycles. The molecule has 0 saturated carbocycles. The van der Waals surface area contributed by atoms with Gasteiger partial charge in [0.15, 0.2) is 0 Å². The predicted molar refractivity (Wildman–Crippen MR) is 73.9 cm³/mol. The van der Waals surface area contributed by atoms with Crippen LogP contribution in [0.1, 0.15) is 36.2 Å². The Morgan fingerprint density at radius 1 is 1.26 bits per heavy atom. The summed E-state index contributed by atoms with van der Waals surface area (Å²) in [6.45, 7) is 5.37. The Hall–Kier alpha value is -1.68. The molecule has 0 aromatic heterocycles.